The van der Waals surface area contributed by atoms with Crippen molar-refractivity contribution in [2.45, 2.75) is 11.3 Å². The first-order chi connectivity index (χ1) is 14.2. The van der Waals surface area contributed by atoms with Crippen LogP contribution in [0.1, 0.15) is 6.42 Å². The predicted molar refractivity (Wildman–Crippen MR) is 110 cm³/mol. The van der Waals surface area contributed by atoms with Gasteiger partial charge in [-0.05, 0) is 18.2 Å². The van der Waals surface area contributed by atoms with Gasteiger partial charge in [-0.2, -0.15) is 17.0 Å². The third-order valence-corrected chi connectivity index (χ3v) is 8.00. The lowest BCUT2D eigenvalue weighted by Gasteiger charge is -2.37. The molecule has 2 aliphatic rings. The zero-order valence-corrected chi connectivity index (χ0v) is 18.2. The third kappa shape index (κ3) is 5.97. The number of nitrogens with one attached hydrogen (secondary N) is 1. The number of primary sulfonamides is 1. The minimum Gasteiger partial charge on any atom is -0.379 e. The standard InChI is InChI=1S/C17H27N5O6S2/c18-29(24,25)16-3-1-2-15(14-16)19-17(23)4-5-20-6-8-21(9-7-20)30(26,27)22-10-12-28-13-11-22/h1-3,14H,4-13H2,(H,19,23)(H2,18,24,25). The van der Waals surface area contributed by atoms with Crippen LogP contribution < -0.4 is 10.5 Å². The second kappa shape index (κ2) is 9.68. The molecule has 2 saturated heterocycles. The molecule has 0 bridgehead atoms. The number of hydrogen-bond donors (Lipinski definition) is 2. The van der Waals surface area contributed by atoms with Gasteiger partial charge in [-0.25, -0.2) is 13.6 Å². The van der Waals surface area contributed by atoms with E-state index in [1.165, 1.54) is 26.8 Å². The van der Waals surface area contributed by atoms with E-state index in [-0.39, 0.29) is 17.2 Å². The Balaban J connectivity index is 1.45. The number of benzene rings is 1. The van der Waals surface area contributed by atoms with Gasteiger partial charge in [0.25, 0.3) is 10.2 Å². The van der Waals surface area contributed by atoms with Crippen LogP contribution in [-0.4, -0.2) is 95.3 Å². The molecule has 0 aliphatic carbocycles. The second-order valence-electron chi connectivity index (χ2n) is 7.13. The Labute approximate surface area is 177 Å². The van der Waals surface area contributed by atoms with Gasteiger partial charge in [-0.1, -0.05) is 6.07 Å². The number of ether oxygens (including phenoxy) is 1. The van der Waals surface area contributed by atoms with Crippen molar-refractivity contribution in [3.05, 3.63) is 24.3 Å². The van der Waals surface area contributed by atoms with Crippen LogP contribution in [-0.2, 0) is 29.8 Å². The van der Waals surface area contributed by atoms with Gasteiger partial charge in [0.1, 0.15) is 0 Å². The maximum absolute atomic E-state index is 12.7. The Hall–Kier alpha value is -1.61. The van der Waals surface area contributed by atoms with Crippen LogP contribution in [0.25, 0.3) is 0 Å². The number of hydrogen-bond acceptors (Lipinski definition) is 7. The molecule has 0 aromatic heterocycles. The molecule has 0 radical (unpaired) electrons. The smallest absolute Gasteiger partial charge is 0.282 e. The van der Waals surface area contributed by atoms with Crippen LogP contribution >= 0.6 is 0 Å². The lowest BCUT2D eigenvalue weighted by Crippen LogP contribution is -2.55. The molecule has 30 heavy (non-hydrogen) atoms. The lowest BCUT2D eigenvalue weighted by molar-refractivity contribution is -0.116. The largest absolute Gasteiger partial charge is 0.379 e. The number of carbonyl (C=O) groups excluding carboxylic acids is 1. The number of nitrogens with zero attached hydrogens (tertiary/aromatic N) is 3. The van der Waals surface area contributed by atoms with E-state index in [2.05, 4.69) is 5.32 Å². The molecule has 2 heterocycles. The van der Waals surface area contributed by atoms with E-state index in [0.29, 0.717) is 64.7 Å². The average molecular weight is 462 g/mol. The molecule has 11 nitrogen and oxygen atoms in total. The van der Waals surface area contributed by atoms with E-state index in [1.54, 1.807) is 6.07 Å². The first-order valence-electron chi connectivity index (χ1n) is 9.64. The van der Waals surface area contributed by atoms with Gasteiger partial charge in [0.2, 0.25) is 15.9 Å². The molecule has 1 aromatic carbocycles. The van der Waals surface area contributed by atoms with E-state index in [1.807, 2.05) is 4.90 Å². The minimum absolute atomic E-state index is 0.0714. The molecular formula is C17H27N5O6S2. The number of morpholine rings is 1. The van der Waals surface area contributed by atoms with Crippen LogP contribution in [0.5, 0.6) is 0 Å². The van der Waals surface area contributed by atoms with Gasteiger partial charge in [0.15, 0.2) is 0 Å². The summed E-state index contributed by atoms with van der Waals surface area (Å²) >= 11 is 0. The molecule has 168 valence electrons. The van der Waals surface area contributed by atoms with Crippen molar-refractivity contribution in [3.8, 4) is 0 Å². The molecule has 3 rings (SSSR count). The summed E-state index contributed by atoms with van der Waals surface area (Å²) in [6, 6.07) is 5.75. The zero-order valence-electron chi connectivity index (χ0n) is 16.6. The van der Waals surface area contributed by atoms with E-state index >= 15 is 0 Å². The van der Waals surface area contributed by atoms with Crippen molar-refractivity contribution in [1.82, 2.24) is 13.5 Å². The monoisotopic (exact) mass is 461 g/mol. The lowest BCUT2D eigenvalue weighted by atomic mass is 10.3. The molecule has 0 atom stereocenters. The van der Waals surface area contributed by atoms with Crippen LogP contribution in [0.2, 0.25) is 0 Å². The number of sulfonamides is 1. The third-order valence-electron chi connectivity index (χ3n) is 5.06. The number of piperazine rings is 1. The van der Waals surface area contributed by atoms with Gasteiger partial charge in [0.05, 0.1) is 18.1 Å². The summed E-state index contributed by atoms with van der Waals surface area (Å²) in [5, 5.41) is 7.76. The molecule has 2 fully saturated rings. The zero-order chi connectivity index (χ0) is 21.8. The van der Waals surface area contributed by atoms with E-state index in [0.717, 1.165) is 0 Å². The number of carbonyl (C=O) groups is 1. The SMILES string of the molecule is NS(=O)(=O)c1cccc(NC(=O)CCN2CCN(S(=O)(=O)N3CCOCC3)CC2)c1. The first-order valence-corrected chi connectivity index (χ1v) is 12.6. The Morgan fingerprint density at radius 3 is 2.27 bits per heavy atom. The Kier molecular flexibility index (Phi) is 7.44. The summed E-state index contributed by atoms with van der Waals surface area (Å²) < 4.78 is 56.3. The Bertz CT molecular complexity index is 955. The van der Waals surface area contributed by atoms with Crippen molar-refractivity contribution >= 4 is 31.8 Å². The van der Waals surface area contributed by atoms with E-state index in [9.17, 15) is 21.6 Å². The van der Waals surface area contributed by atoms with E-state index < -0.39 is 20.2 Å². The number of anilines is 1. The second-order valence-corrected chi connectivity index (χ2v) is 10.6. The highest BCUT2D eigenvalue weighted by Crippen LogP contribution is 2.16. The number of nitrogens with two attached hydrogens (primary N) is 1. The quantitative estimate of drug-likeness (QED) is 0.522. The van der Waals surface area contributed by atoms with Crippen LogP contribution in [0.4, 0.5) is 5.69 Å². The van der Waals surface area contributed by atoms with E-state index in [4.69, 9.17) is 9.88 Å². The molecule has 1 amide bonds. The summed E-state index contributed by atoms with van der Waals surface area (Å²) in [6.07, 6.45) is 0.204. The van der Waals surface area contributed by atoms with Gasteiger partial charge >= 0.3 is 0 Å². The van der Waals surface area contributed by atoms with Crippen LogP contribution in [0.3, 0.4) is 0 Å². The van der Waals surface area contributed by atoms with Crippen molar-refractivity contribution < 1.29 is 26.4 Å². The fraction of sp³-hybridized carbons (Fsp3) is 0.588. The molecule has 13 heteroatoms. The predicted octanol–water partition coefficient (Wildman–Crippen LogP) is -1.14. The molecule has 0 spiro atoms. The Morgan fingerprint density at radius 2 is 1.63 bits per heavy atom. The highest BCUT2D eigenvalue weighted by Gasteiger charge is 2.33. The van der Waals surface area contributed by atoms with Gasteiger partial charge in [-0.3, -0.25) is 4.79 Å². The summed E-state index contributed by atoms with van der Waals surface area (Å²) in [5.41, 5.74) is 0.355. The maximum Gasteiger partial charge on any atom is 0.282 e. The average Bonchev–Trinajstić information content (AvgIpc) is 2.73. The van der Waals surface area contributed by atoms with Crippen molar-refractivity contribution in [3.63, 3.8) is 0 Å². The van der Waals surface area contributed by atoms with Crippen molar-refractivity contribution in [2.24, 2.45) is 5.14 Å². The maximum atomic E-state index is 12.7. The highest BCUT2D eigenvalue weighted by molar-refractivity contribution is 7.89. The summed E-state index contributed by atoms with van der Waals surface area (Å²) in [6.45, 7) is 3.87. The van der Waals surface area contributed by atoms with Crippen molar-refractivity contribution in [2.75, 3.05) is 64.3 Å². The summed E-state index contributed by atoms with van der Waals surface area (Å²) in [5.74, 6) is -0.259. The van der Waals surface area contributed by atoms with Gasteiger partial charge in [0, 0.05) is 57.9 Å². The molecule has 0 unspecified atom stereocenters. The summed E-state index contributed by atoms with van der Waals surface area (Å²) in [7, 11) is -7.32. The van der Waals surface area contributed by atoms with Crippen LogP contribution in [0.15, 0.2) is 29.2 Å². The number of amides is 1. The fourth-order valence-electron chi connectivity index (χ4n) is 3.36. The molecule has 0 saturated carbocycles. The Morgan fingerprint density at radius 1 is 1.00 bits per heavy atom. The minimum atomic E-state index is -3.84. The first kappa shape index (κ1) is 23.1. The molecular weight excluding hydrogens is 434 g/mol. The van der Waals surface area contributed by atoms with Crippen molar-refractivity contribution in [1.29, 1.82) is 0 Å². The molecule has 2 aliphatic heterocycles. The van der Waals surface area contributed by atoms with Gasteiger partial charge in [-0.15, -0.1) is 0 Å². The summed E-state index contributed by atoms with van der Waals surface area (Å²) in [4.78, 5) is 14.2. The topological polar surface area (TPSA) is 142 Å². The highest BCUT2D eigenvalue weighted by atomic mass is 32.2. The molecule has 3 N–H and O–H groups in total. The molecule has 1 aromatic rings. The van der Waals surface area contributed by atoms with Gasteiger partial charge < -0.3 is 15.0 Å². The number of rotatable bonds is 7. The van der Waals surface area contributed by atoms with Crippen LogP contribution in [0, 0.1) is 0 Å². The normalized spacial score (nSPS) is 20.2. The fourth-order valence-corrected chi connectivity index (χ4v) is 5.48.